The number of hydrogen-bond donors (Lipinski definition) is 2. The zero-order valence-electron chi connectivity index (χ0n) is 9.42. The summed E-state index contributed by atoms with van der Waals surface area (Å²) in [5.41, 5.74) is 7.27. The number of benzene rings is 1. The van der Waals surface area contributed by atoms with Crippen LogP contribution in [0, 0.1) is 0 Å². The molecule has 3 N–H and O–H groups in total. The summed E-state index contributed by atoms with van der Waals surface area (Å²) >= 11 is 0. The Morgan fingerprint density at radius 1 is 1.41 bits per heavy atom. The summed E-state index contributed by atoms with van der Waals surface area (Å²) in [6, 6.07) is 9.23. The van der Waals surface area contributed by atoms with Crippen LogP contribution >= 0.6 is 0 Å². The lowest BCUT2D eigenvalue weighted by atomic mass is 10.2. The Morgan fingerprint density at radius 3 is 2.53 bits per heavy atom. The molecule has 0 radical (unpaired) electrons. The van der Waals surface area contributed by atoms with Gasteiger partial charge in [-0.15, -0.1) is 0 Å². The molecular formula is C12H13N3O2. The minimum atomic E-state index is -1.05. The molecule has 0 atom stereocenters. The fourth-order valence-corrected chi connectivity index (χ4v) is 1.75. The van der Waals surface area contributed by atoms with E-state index in [0.717, 1.165) is 5.69 Å². The highest BCUT2D eigenvalue weighted by Crippen LogP contribution is 2.21. The van der Waals surface area contributed by atoms with E-state index in [1.54, 1.807) is 0 Å². The molecular weight excluding hydrogens is 218 g/mol. The van der Waals surface area contributed by atoms with Gasteiger partial charge in [0.05, 0.1) is 5.69 Å². The summed E-state index contributed by atoms with van der Waals surface area (Å²) in [5, 5.41) is 13.1. The highest BCUT2D eigenvalue weighted by molar-refractivity contribution is 5.89. The van der Waals surface area contributed by atoms with Crippen molar-refractivity contribution in [2.45, 2.75) is 13.3 Å². The molecule has 0 fully saturated rings. The predicted molar refractivity (Wildman–Crippen MR) is 64.3 cm³/mol. The van der Waals surface area contributed by atoms with Gasteiger partial charge in [-0.25, -0.2) is 9.48 Å². The summed E-state index contributed by atoms with van der Waals surface area (Å²) in [4.78, 5) is 11.0. The van der Waals surface area contributed by atoms with E-state index in [1.807, 2.05) is 37.3 Å². The van der Waals surface area contributed by atoms with Crippen LogP contribution < -0.4 is 5.73 Å². The first-order valence-electron chi connectivity index (χ1n) is 5.31. The molecule has 1 heterocycles. The molecule has 2 rings (SSSR count). The van der Waals surface area contributed by atoms with Crippen LogP contribution in [-0.4, -0.2) is 20.9 Å². The van der Waals surface area contributed by atoms with Crippen LogP contribution in [-0.2, 0) is 6.42 Å². The van der Waals surface area contributed by atoms with Gasteiger partial charge in [-0.2, -0.15) is 5.10 Å². The maximum Gasteiger partial charge on any atom is 0.356 e. The number of nitrogen functional groups attached to an aromatic ring is 1. The molecule has 1 aromatic carbocycles. The maximum atomic E-state index is 11.0. The third kappa shape index (κ3) is 1.87. The molecule has 0 spiro atoms. The van der Waals surface area contributed by atoms with E-state index in [9.17, 15) is 4.79 Å². The molecule has 17 heavy (non-hydrogen) atoms. The highest BCUT2D eigenvalue weighted by Gasteiger charge is 2.19. The van der Waals surface area contributed by atoms with Crippen LogP contribution in [0.25, 0.3) is 5.69 Å². The number of rotatable bonds is 3. The predicted octanol–water partition coefficient (Wildman–Crippen LogP) is 1.72. The number of nitrogens with two attached hydrogens (primary N) is 1. The van der Waals surface area contributed by atoms with Crippen LogP contribution in [0.4, 0.5) is 5.82 Å². The Labute approximate surface area is 98.5 Å². The van der Waals surface area contributed by atoms with Gasteiger partial charge in [0, 0.05) is 5.56 Å². The van der Waals surface area contributed by atoms with Gasteiger partial charge in [-0.1, -0.05) is 25.1 Å². The minimum Gasteiger partial charge on any atom is -0.476 e. The second-order valence-electron chi connectivity index (χ2n) is 3.62. The zero-order valence-corrected chi connectivity index (χ0v) is 9.42. The van der Waals surface area contributed by atoms with Crippen molar-refractivity contribution in [3.8, 4) is 5.69 Å². The molecule has 0 bridgehead atoms. The number of anilines is 1. The lowest BCUT2D eigenvalue weighted by Crippen LogP contribution is -2.03. The van der Waals surface area contributed by atoms with Crippen molar-refractivity contribution in [1.29, 1.82) is 0 Å². The molecule has 88 valence electrons. The molecule has 0 amide bonds. The van der Waals surface area contributed by atoms with E-state index in [4.69, 9.17) is 10.8 Å². The Hall–Kier alpha value is -2.30. The lowest BCUT2D eigenvalue weighted by molar-refractivity contribution is 0.0689. The second kappa shape index (κ2) is 4.29. The van der Waals surface area contributed by atoms with Crippen LogP contribution in [0.15, 0.2) is 30.3 Å². The number of aromatic carboxylic acids is 1. The maximum absolute atomic E-state index is 11.0. The number of carbonyl (C=O) groups is 1. The SMILES string of the molecule is CCc1c(C(=O)O)nn(-c2ccccc2)c1N. The number of carboxylic acids is 1. The van der Waals surface area contributed by atoms with Gasteiger partial charge in [0.15, 0.2) is 5.69 Å². The standard InChI is InChI=1S/C12H13N3O2/c1-2-9-10(12(16)17)14-15(11(9)13)8-6-4-3-5-7-8/h3-7H,2,13H2,1H3,(H,16,17). The van der Waals surface area contributed by atoms with Crippen LogP contribution in [0.2, 0.25) is 0 Å². The van der Waals surface area contributed by atoms with Crippen molar-refractivity contribution in [3.63, 3.8) is 0 Å². The summed E-state index contributed by atoms with van der Waals surface area (Å²) in [7, 11) is 0. The Kier molecular flexibility index (Phi) is 2.82. The van der Waals surface area contributed by atoms with Crippen molar-refractivity contribution < 1.29 is 9.90 Å². The van der Waals surface area contributed by atoms with Crippen molar-refractivity contribution in [2.24, 2.45) is 0 Å². The van der Waals surface area contributed by atoms with E-state index >= 15 is 0 Å². The average Bonchev–Trinajstić information content (AvgIpc) is 2.67. The topological polar surface area (TPSA) is 81.1 Å². The Bertz CT molecular complexity index is 546. The molecule has 0 saturated carbocycles. The summed E-state index contributed by atoms with van der Waals surface area (Å²) in [5.74, 6) is -0.667. The summed E-state index contributed by atoms with van der Waals surface area (Å²) in [6.45, 7) is 1.86. The molecule has 0 aliphatic carbocycles. The number of carboxylic acid groups (broad SMARTS) is 1. The van der Waals surface area contributed by atoms with Crippen LogP contribution in [0.3, 0.4) is 0 Å². The van der Waals surface area contributed by atoms with Gasteiger partial charge < -0.3 is 10.8 Å². The van der Waals surface area contributed by atoms with Crippen molar-refractivity contribution >= 4 is 11.8 Å². The number of aromatic nitrogens is 2. The first-order chi connectivity index (χ1) is 8.15. The van der Waals surface area contributed by atoms with Crippen molar-refractivity contribution in [3.05, 3.63) is 41.6 Å². The van der Waals surface area contributed by atoms with Gasteiger partial charge in [-0.3, -0.25) is 0 Å². The van der Waals surface area contributed by atoms with E-state index in [-0.39, 0.29) is 5.69 Å². The Morgan fingerprint density at radius 2 is 2.06 bits per heavy atom. The molecule has 1 aromatic heterocycles. The summed E-state index contributed by atoms with van der Waals surface area (Å²) in [6.07, 6.45) is 0.542. The third-order valence-electron chi connectivity index (χ3n) is 2.58. The molecule has 5 nitrogen and oxygen atoms in total. The quantitative estimate of drug-likeness (QED) is 0.842. The lowest BCUT2D eigenvalue weighted by Gasteiger charge is -2.03. The fraction of sp³-hybridized carbons (Fsp3) is 0.167. The van der Waals surface area contributed by atoms with Crippen LogP contribution in [0.1, 0.15) is 23.0 Å². The van der Waals surface area contributed by atoms with E-state index < -0.39 is 5.97 Å². The van der Waals surface area contributed by atoms with Gasteiger partial charge in [0.1, 0.15) is 5.82 Å². The van der Waals surface area contributed by atoms with Gasteiger partial charge in [0.25, 0.3) is 0 Å². The highest BCUT2D eigenvalue weighted by atomic mass is 16.4. The normalized spacial score (nSPS) is 10.4. The molecule has 5 heteroatoms. The summed E-state index contributed by atoms with van der Waals surface area (Å²) < 4.78 is 1.46. The largest absolute Gasteiger partial charge is 0.476 e. The second-order valence-corrected chi connectivity index (χ2v) is 3.62. The van der Waals surface area contributed by atoms with Crippen molar-refractivity contribution in [1.82, 2.24) is 9.78 Å². The van der Waals surface area contributed by atoms with E-state index in [2.05, 4.69) is 5.10 Å². The zero-order chi connectivity index (χ0) is 12.4. The van der Waals surface area contributed by atoms with E-state index in [0.29, 0.717) is 17.8 Å². The minimum absolute atomic E-state index is 0.0221. The molecule has 0 saturated heterocycles. The average molecular weight is 231 g/mol. The number of nitrogens with zero attached hydrogens (tertiary/aromatic N) is 2. The fourth-order valence-electron chi connectivity index (χ4n) is 1.75. The third-order valence-corrected chi connectivity index (χ3v) is 2.58. The monoisotopic (exact) mass is 231 g/mol. The van der Waals surface area contributed by atoms with Gasteiger partial charge in [-0.05, 0) is 18.6 Å². The van der Waals surface area contributed by atoms with Gasteiger partial charge in [0.2, 0.25) is 0 Å². The smallest absolute Gasteiger partial charge is 0.356 e. The first-order valence-corrected chi connectivity index (χ1v) is 5.31. The Balaban J connectivity index is 2.61. The first kappa shape index (κ1) is 11.2. The molecule has 0 unspecified atom stereocenters. The van der Waals surface area contributed by atoms with E-state index in [1.165, 1.54) is 4.68 Å². The molecule has 0 aliphatic rings. The molecule has 0 aliphatic heterocycles. The van der Waals surface area contributed by atoms with Crippen LogP contribution in [0.5, 0.6) is 0 Å². The van der Waals surface area contributed by atoms with Crippen molar-refractivity contribution in [2.75, 3.05) is 5.73 Å². The number of hydrogen-bond acceptors (Lipinski definition) is 3. The molecule has 2 aromatic rings. The van der Waals surface area contributed by atoms with Gasteiger partial charge >= 0.3 is 5.97 Å². The number of para-hydroxylation sites is 1.